The third-order valence-corrected chi connectivity index (χ3v) is 4.14. The van der Waals surface area contributed by atoms with Gasteiger partial charge in [-0.25, -0.2) is 0 Å². The molecule has 0 bridgehead atoms. The van der Waals surface area contributed by atoms with Gasteiger partial charge in [-0.15, -0.1) is 0 Å². The van der Waals surface area contributed by atoms with E-state index in [0.29, 0.717) is 0 Å². The Morgan fingerprint density at radius 2 is 2.00 bits per heavy atom. The van der Waals surface area contributed by atoms with Gasteiger partial charge in [-0.1, -0.05) is 6.07 Å². The van der Waals surface area contributed by atoms with Gasteiger partial charge in [-0.3, -0.25) is 14.9 Å². The third kappa shape index (κ3) is 3.55. The molecule has 1 heterocycles. The van der Waals surface area contributed by atoms with Crippen LogP contribution in [0.4, 0.5) is 5.69 Å². The smallest absolute Gasteiger partial charge is 0.311 e. The molecule has 0 spiro atoms. The molecule has 120 valence electrons. The number of piperidine rings is 1. The average Bonchev–Trinajstić information content (AvgIpc) is 2.45. The molecule has 2 rings (SSSR count). The summed E-state index contributed by atoms with van der Waals surface area (Å²) in [4.78, 5) is 24.8. The Hall–Kier alpha value is -2.11. The molecule has 0 aliphatic carbocycles. The first-order chi connectivity index (χ1) is 10.4. The third-order valence-electron chi connectivity index (χ3n) is 4.14. The standard InChI is InChI=1S/C16H22N2O4/c1-11-7-8-15(14(9-11)18(20)21)22-10-16(19)17-12(2)5-4-6-13(17)3/h7-9,12-13H,4-6,10H2,1-3H3/t12-,13-/m0/s1. The highest BCUT2D eigenvalue weighted by Crippen LogP contribution is 2.28. The molecule has 1 saturated heterocycles. The Bertz CT molecular complexity index is 563. The maximum Gasteiger partial charge on any atom is 0.311 e. The van der Waals surface area contributed by atoms with Crippen LogP contribution in [0, 0.1) is 17.0 Å². The Balaban J connectivity index is 2.06. The molecule has 6 nitrogen and oxygen atoms in total. The molecule has 0 N–H and O–H groups in total. The Kier molecular flexibility index (Phi) is 5.00. The fourth-order valence-corrected chi connectivity index (χ4v) is 3.02. The van der Waals surface area contributed by atoms with Crippen molar-refractivity contribution in [2.24, 2.45) is 0 Å². The zero-order chi connectivity index (χ0) is 16.3. The van der Waals surface area contributed by atoms with Gasteiger partial charge in [-0.05, 0) is 51.7 Å². The molecule has 0 saturated carbocycles. The minimum absolute atomic E-state index is 0.104. The monoisotopic (exact) mass is 306 g/mol. The van der Waals surface area contributed by atoms with E-state index in [4.69, 9.17) is 4.74 Å². The number of hydrogen-bond acceptors (Lipinski definition) is 4. The number of nitro benzene ring substituents is 1. The predicted octanol–water partition coefficient (Wildman–Crippen LogP) is 3.07. The lowest BCUT2D eigenvalue weighted by molar-refractivity contribution is -0.385. The van der Waals surface area contributed by atoms with Gasteiger partial charge in [0.15, 0.2) is 12.4 Å². The van der Waals surface area contributed by atoms with Gasteiger partial charge in [0.2, 0.25) is 0 Å². The van der Waals surface area contributed by atoms with E-state index in [2.05, 4.69) is 0 Å². The molecule has 1 aromatic carbocycles. The van der Waals surface area contributed by atoms with Crippen LogP contribution in [0.3, 0.4) is 0 Å². The number of rotatable bonds is 4. The quantitative estimate of drug-likeness (QED) is 0.633. The highest BCUT2D eigenvalue weighted by molar-refractivity contribution is 5.78. The number of nitro groups is 1. The summed E-state index contributed by atoms with van der Waals surface area (Å²) in [5, 5.41) is 11.1. The molecule has 1 aliphatic heterocycles. The number of hydrogen-bond donors (Lipinski definition) is 0. The summed E-state index contributed by atoms with van der Waals surface area (Å²) < 4.78 is 5.43. The van der Waals surface area contributed by atoms with E-state index >= 15 is 0 Å². The van der Waals surface area contributed by atoms with E-state index < -0.39 is 4.92 Å². The molecular formula is C16H22N2O4. The number of likely N-dealkylation sites (tertiary alicyclic amines) is 1. The molecule has 22 heavy (non-hydrogen) atoms. The molecule has 2 atom stereocenters. The minimum atomic E-state index is -0.487. The molecule has 1 aromatic rings. The number of carbonyl (C=O) groups is 1. The van der Waals surface area contributed by atoms with Gasteiger partial charge in [0.1, 0.15) is 0 Å². The number of carbonyl (C=O) groups excluding carboxylic acids is 1. The molecule has 1 aliphatic rings. The molecule has 1 fully saturated rings. The number of benzene rings is 1. The van der Waals surface area contributed by atoms with Crippen LogP contribution >= 0.6 is 0 Å². The predicted molar refractivity (Wildman–Crippen MR) is 82.9 cm³/mol. The normalized spacial score (nSPS) is 21.5. The van der Waals surface area contributed by atoms with Crippen molar-refractivity contribution in [2.75, 3.05) is 6.61 Å². The summed E-state index contributed by atoms with van der Waals surface area (Å²) in [6.45, 7) is 5.67. The Morgan fingerprint density at radius 1 is 1.36 bits per heavy atom. The highest BCUT2D eigenvalue weighted by atomic mass is 16.6. The van der Waals surface area contributed by atoms with Crippen molar-refractivity contribution in [3.05, 3.63) is 33.9 Å². The van der Waals surface area contributed by atoms with Crippen LogP contribution in [-0.4, -0.2) is 34.4 Å². The SMILES string of the molecule is Cc1ccc(OCC(=O)N2[C@@H](C)CCC[C@@H]2C)c([N+](=O)[O-])c1. The van der Waals surface area contributed by atoms with E-state index in [1.807, 2.05) is 18.7 Å². The number of nitrogens with zero attached hydrogens (tertiary/aromatic N) is 2. The number of aryl methyl sites for hydroxylation is 1. The van der Waals surface area contributed by atoms with Gasteiger partial charge in [-0.2, -0.15) is 0 Å². The lowest BCUT2D eigenvalue weighted by Gasteiger charge is -2.38. The van der Waals surface area contributed by atoms with Crippen molar-refractivity contribution >= 4 is 11.6 Å². The van der Waals surface area contributed by atoms with Crippen LogP contribution in [0.15, 0.2) is 18.2 Å². The van der Waals surface area contributed by atoms with Crippen molar-refractivity contribution in [2.45, 2.75) is 52.1 Å². The second kappa shape index (κ2) is 6.77. The van der Waals surface area contributed by atoms with Crippen LogP contribution in [0.5, 0.6) is 5.75 Å². The van der Waals surface area contributed by atoms with E-state index in [-0.39, 0.29) is 36.0 Å². The van der Waals surface area contributed by atoms with Crippen LogP contribution in [-0.2, 0) is 4.79 Å². The van der Waals surface area contributed by atoms with Crippen LogP contribution in [0.2, 0.25) is 0 Å². The first kappa shape index (κ1) is 16.3. The largest absolute Gasteiger partial charge is 0.477 e. The van der Waals surface area contributed by atoms with E-state index in [1.165, 1.54) is 6.07 Å². The van der Waals surface area contributed by atoms with E-state index in [0.717, 1.165) is 24.8 Å². The summed E-state index contributed by atoms with van der Waals surface area (Å²) in [7, 11) is 0. The van der Waals surface area contributed by atoms with Gasteiger partial charge >= 0.3 is 5.69 Å². The minimum Gasteiger partial charge on any atom is -0.477 e. The van der Waals surface area contributed by atoms with Gasteiger partial charge < -0.3 is 9.64 Å². The first-order valence-electron chi connectivity index (χ1n) is 7.59. The fourth-order valence-electron chi connectivity index (χ4n) is 3.02. The summed E-state index contributed by atoms with van der Waals surface area (Å²) >= 11 is 0. The second-order valence-electron chi connectivity index (χ2n) is 5.95. The average molecular weight is 306 g/mol. The highest BCUT2D eigenvalue weighted by Gasteiger charge is 2.29. The maximum atomic E-state index is 12.4. The zero-order valence-electron chi connectivity index (χ0n) is 13.2. The van der Waals surface area contributed by atoms with Crippen molar-refractivity contribution in [3.8, 4) is 5.75 Å². The van der Waals surface area contributed by atoms with E-state index in [9.17, 15) is 14.9 Å². The lowest BCUT2D eigenvalue weighted by atomic mass is 9.97. The van der Waals surface area contributed by atoms with Crippen molar-refractivity contribution in [1.82, 2.24) is 4.90 Å². The fraction of sp³-hybridized carbons (Fsp3) is 0.562. The molecule has 0 unspecified atom stereocenters. The maximum absolute atomic E-state index is 12.4. The first-order valence-corrected chi connectivity index (χ1v) is 7.59. The van der Waals surface area contributed by atoms with Crippen molar-refractivity contribution < 1.29 is 14.5 Å². The van der Waals surface area contributed by atoms with E-state index in [1.54, 1.807) is 19.1 Å². The summed E-state index contributed by atoms with van der Waals surface area (Å²) in [6, 6.07) is 5.11. The van der Waals surface area contributed by atoms with Gasteiger partial charge in [0.05, 0.1) is 4.92 Å². The zero-order valence-corrected chi connectivity index (χ0v) is 13.2. The summed E-state index contributed by atoms with van der Waals surface area (Å²) in [6.07, 6.45) is 3.10. The molecule has 0 radical (unpaired) electrons. The van der Waals surface area contributed by atoms with Crippen molar-refractivity contribution in [1.29, 1.82) is 0 Å². The summed E-state index contributed by atoms with van der Waals surface area (Å²) in [5.74, 6) is 0.0239. The number of amides is 1. The van der Waals surface area contributed by atoms with Crippen molar-refractivity contribution in [3.63, 3.8) is 0 Å². The van der Waals surface area contributed by atoms with Gasteiger partial charge in [0.25, 0.3) is 5.91 Å². The molecule has 6 heteroatoms. The Labute approximate surface area is 130 Å². The van der Waals surface area contributed by atoms with Crippen LogP contribution in [0.1, 0.15) is 38.7 Å². The second-order valence-corrected chi connectivity index (χ2v) is 5.95. The lowest BCUT2D eigenvalue weighted by Crippen LogP contribution is -2.49. The van der Waals surface area contributed by atoms with Crippen LogP contribution < -0.4 is 4.74 Å². The topological polar surface area (TPSA) is 72.7 Å². The summed E-state index contributed by atoms with van der Waals surface area (Å²) in [5.41, 5.74) is 0.677. The molecule has 0 aromatic heterocycles. The Morgan fingerprint density at radius 3 is 2.59 bits per heavy atom. The van der Waals surface area contributed by atoms with Crippen LogP contribution in [0.25, 0.3) is 0 Å². The number of ether oxygens (including phenoxy) is 1. The van der Waals surface area contributed by atoms with Gasteiger partial charge in [0, 0.05) is 18.2 Å². The molecule has 1 amide bonds. The molecular weight excluding hydrogens is 284 g/mol.